The molecule has 2 unspecified atom stereocenters. The van der Waals surface area contributed by atoms with Gasteiger partial charge in [-0.25, -0.2) is 4.68 Å². The summed E-state index contributed by atoms with van der Waals surface area (Å²) in [5, 5.41) is 8.13. The first kappa shape index (κ1) is 13.4. The van der Waals surface area contributed by atoms with Gasteiger partial charge in [-0.2, -0.15) is 5.10 Å². The molecule has 2 rings (SSSR count). The molecule has 0 aromatic carbocycles. The molecule has 0 bridgehead atoms. The molecule has 18 heavy (non-hydrogen) atoms. The Morgan fingerprint density at radius 3 is 3.06 bits per heavy atom. The van der Waals surface area contributed by atoms with Crippen LogP contribution in [-0.2, 0) is 11.8 Å². The molecule has 0 radical (unpaired) electrons. The van der Waals surface area contributed by atoms with Gasteiger partial charge in [0, 0.05) is 25.6 Å². The van der Waals surface area contributed by atoms with Gasteiger partial charge in [0.25, 0.3) is 0 Å². The second kappa shape index (κ2) is 6.20. The minimum absolute atomic E-state index is 0.266. The van der Waals surface area contributed by atoms with Gasteiger partial charge in [-0.3, -0.25) is 0 Å². The van der Waals surface area contributed by atoms with E-state index in [1.165, 1.54) is 0 Å². The van der Waals surface area contributed by atoms with E-state index in [-0.39, 0.29) is 6.04 Å². The summed E-state index contributed by atoms with van der Waals surface area (Å²) < 4.78 is 12.6. The van der Waals surface area contributed by atoms with Crippen LogP contribution < -0.4 is 10.1 Å². The standard InChI is InChI=1S/C13H23N3O2/c1-4-6-14-13(10-5-7-18-9-10)11-8-12(17-3)16(2)15-11/h8,10,13-14H,4-7,9H2,1-3H3. The van der Waals surface area contributed by atoms with Gasteiger partial charge in [-0.15, -0.1) is 0 Å². The van der Waals surface area contributed by atoms with E-state index in [1.54, 1.807) is 11.8 Å². The molecule has 1 saturated heterocycles. The minimum Gasteiger partial charge on any atom is -0.481 e. The summed E-state index contributed by atoms with van der Waals surface area (Å²) in [6, 6.07) is 2.29. The maximum absolute atomic E-state index is 5.50. The van der Waals surface area contributed by atoms with Crippen LogP contribution in [-0.4, -0.2) is 36.6 Å². The van der Waals surface area contributed by atoms with Crippen LogP contribution in [0.15, 0.2) is 6.07 Å². The Morgan fingerprint density at radius 1 is 1.67 bits per heavy atom. The molecule has 5 heteroatoms. The van der Waals surface area contributed by atoms with Crippen molar-refractivity contribution in [1.82, 2.24) is 15.1 Å². The number of aryl methyl sites for hydroxylation is 1. The average molecular weight is 253 g/mol. The lowest BCUT2D eigenvalue weighted by molar-refractivity contribution is 0.176. The fourth-order valence-electron chi connectivity index (χ4n) is 2.44. The average Bonchev–Trinajstić information content (AvgIpc) is 3.00. The van der Waals surface area contributed by atoms with Crippen LogP contribution in [0.4, 0.5) is 0 Å². The fraction of sp³-hybridized carbons (Fsp3) is 0.769. The molecule has 2 heterocycles. The van der Waals surface area contributed by atoms with Gasteiger partial charge in [-0.1, -0.05) is 6.92 Å². The predicted octanol–water partition coefficient (Wildman–Crippen LogP) is 1.51. The lowest BCUT2D eigenvalue weighted by Crippen LogP contribution is -2.29. The molecule has 0 aliphatic carbocycles. The molecular weight excluding hydrogens is 230 g/mol. The van der Waals surface area contributed by atoms with Crippen LogP contribution in [0.25, 0.3) is 0 Å². The summed E-state index contributed by atoms with van der Waals surface area (Å²) in [4.78, 5) is 0. The van der Waals surface area contributed by atoms with Crippen molar-refractivity contribution in [3.63, 3.8) is 0 Å². The Morgan fingerprint density at radius 2 is 2.50 bits per heavy atom. The Balaban J connectivity index is 2.15. The number of rotatable bonds is 6. The smallest absolute Gasteiger partial charge is 0.211 e. The number of hydrogen-bond acceptors (Lipinski definition) is 4. The highest BCUT2D eigenvalue weighted by molar-refractivity contribution is 5.19. The molecule has 0 saturated carbocycles. The van der Waals surface area contributed by atoms with Crippen molar-refractivity contribution in [2.75, 3.05) is 26.9 Å². The second-order valence-corrected chi connectivity index (χ2v) is 4.79. The van der Waals surface area contributed by atoms with Gasteiger partial charge < -0.3 is 14.8 Å². The molecular formula is C13H23N3O2. The normalized spacial score (nSPS) is 21.2. The molecule has 0 amide bonds. The summed E-state index contributed by atoms with van der Waals surface area (Å²) in [5.74, 6) is 1.31. The lowest BCUT2D eigenvalue weighted by atomic mass is 9.96. The molecule has 1 aromatic rings. The van der Waals surface area contributed by atoms with Crippen molar-refractivity contribution in [3.8, 4) is 5.88 Å². The van der Waals surface area contributed by atoms with Crippen LogP contribution in [0.3, 0.4) is 0 Å². The first-order chi connectivity index (χ1) is 8.76. The van der Waals surface area contributed by atoms with Crippen molar-refractivity contribution in [1.29, 1.82) is 0 Å². The molecule has 1 aliphatic rings. The summed E-state index contributed by atoms with van der Waals surface area (Å²) in [5.41, 5.74) is 1.05. The zero-order chi connectivity index (χ0) is 13.0. The quantitative estimate of drug-likeness (QED) is 0.835. The van der Waals surface area contributed by atoms with Crippen molar-refractivity contribution < 1.29 is 9.47 Å². The van der Waals surface area contributed by atoms with E-state index in [0.29, 0.717) is 5.92 Å². The number of ether oxygens (including phenoxy) is 2. The van der Waals surface area contributed by atoms with Gasteiger partial charge in [-0.05, 0) is 19.4 Å². The van der Waals surface area contributed by atoms with E-state index in [4.69, 9.17) is 9.47 Å². The van der Waals surface area contributed by atoms with Crippen molar-refractivity contribution in [2.24, 2.45) is 13.0 Å². The highest BCUT2D eigenvalue weighted by Crippen LogP contribution is 2.29. The van der Waals surface area contributed by atoms with Crippen molar-refractivity contribution >= 4 is 0 Å². The minimum atomic E-state index is 0.266. The van der Waals surface area contributed by atoms with E-state index in [9.17, 15) is 0 Å². The second-order valence-electron chi connectivity index (χ2n) is 4.79. The monoisotopic (exact) mass is 253 g/mol. The Labute approximate surface area is 108 Å². The molecule has 1 aliphatic heterocycles. The largest absolute Gasteiger partial charge is 0.481 e. The molecule has 102 valence electrons. The van der Waals surface area contributed by atoms with E-state index in [1.807, 2.05) is 13.1 Å². The number of nitrogens with one attached hydrogen (secondary N) is 1. The SMILES string of the molecule is CCCNC(c1cc(OC)n(C)n1)C1CCOC1. The van der Waals surface area contributed by atoms with Crippen LogP contribution in [0.1, 0.15) is 31.5 Å². The maximum Gasteiger partial charge on any atom is 0.211 e. The van der Waals surface area contributed by atoms with Crippen molar-refractivity contribution in [3.05, 3.63) is 11.8 Å². The fourth-order valence-corrected chi connectivity index (χ4v) is 2.44. The number of methoxy groups -OCH3 is 1. The summed E-state index contributed by atoms with van der Waals surface area (Å²) in [6.07, 6.45) is 2.22. The van der Waals surface area contributed by atoms with Gasteiger partial charge in [0.2, 0.25) is 5.88 Å². The van der Waals surface area contributed by atoms with Gasteiger partial charge >= 0.3 is 0 Å². The molecule has 1 N–H and O–H groups in total. The lowest BCUT2D eigenvalue weighted by Gasteiger charge is -2.21. The summed E-state index contributed by atoms with van der Waals surface area (Å²) >= 11 is 0. The summed E-state index contributed by atoms with van der Waals surface area (Å²) in [7, 11) is 3.58. The van der Waals surface area contributed by atoms with Crippen LogP contribution >= 0.6 is 0 Å². The Kier molecular flexibility index (Phi) is 4.60. The van der Waals surface area contributed by atoms with E-state index >= 15 is 0 Å². The zero-order valence-electron chi connectivity index (χ0n) is 11.5. The number of hydrogen-bond donors (Lipinski definition) is 1. The zero-order valence-corrected chi connectivity index (χ0v) is 11.5. The first-order valence-electron chi connectivity index (χ1n) is 6.65. The highest BCUT2D eigenvalue weighted by atomic mass is 16.5. The van der Waals surface area contributed by atoms with E-state index < -0.39 is 0 Å². The molecule has 2 atom stereocenters. The van der Waals surface area contributed by atoms with Gasteiger partial charge in [0.1, 0.15) is 0 Å². The third kappa shape index (κ3) is 2.84. The summed E-state index contributed by atoms with van der Waals surface area (Å²) in [6.45, 7) is 4.85. The molecule has 0 spiro atoms. The third-order valence-corrected chi connectivity index (χ3v) is 3.43. The topological polar surface area (TPSA) is 48.3 Å². The van der Waals surface area contributed by atoms with E-state index in [0.717, 1.165) is 44.2 Å². The highest BCUT2D eigenvalue weighted by Gasteiger charge is 2.29. The van der Waals surface area contributed by atoms with Crippen LogP contribution in [0, 0.1) is 5.92 Å². The Bertz CT molecular complexity index is 372. The molecule has 5 nitrogen and oxygen atoms in total. The first-order valence-corrected chi connectivity index (χ1v) is 6.65. The maximum atomic E-state index is 5.50. The van der Waals surface area contributed by atoms with Gasteiger partial charge in [0.05, 0.1) is 25.5 Å². The molecule has 1 fully saturated rings. The van der Waals surface area contributed by atoms with Crippen LogP contribution in [0.5, 0.6) is 5.88 Å². The molecule has 1 aromatic heterocycles. The van der Waals surface area contributed by atoms with Crippen molar-refractivity contribution in [2.45, 2.75) is 25.8 Å². The van der Waals surface area contributed by atoms with Gasteiger partial charge in [0.15, 0.2) is 0 Å². The Hall–Kier alpha value is -1.07. The van der Waals surface area contributed by atoms with E-state index in [2.05, 4.69) is 17.3 Å². The third-order valence-electron chi connectivity index (χ3n) is 3.43. The number of nitrogens with zero attached hydrogens (tertiary/aromatic N) is 2. The predicted molar refractivity (Wildman–Crippen MR) is 69.7 cm³/mol. The number of aromatic nitrogens is 2. The van der Waals surface area contributed by atoms with Crippen LogP contribution in [0.2, 0.25) is 0 Å².